The van der Waals surface area contributed by atoms with Crippen LogP contribution < -0.4 is 4.72 Å². The van der Waals surface area contributed by atoms with E-state index in [4.69, 9.17) is 0 Å². The van der Waals surface area contributed by atoms with Crippen LogP contribution in [0.25, 0.3) is 5.69 Å². The van der Waals surface area contributed by atoms with Crippen molar-refractivity contribution in [2.45, 2.75) is 11.8 Å². The molecule has 3 aromatic rings. The molecule has 1 aromatic heterocycles. The van der Waals surface area contributed by atoms with Crippen molar-refractivity contribution in [2.24, 2.45) is 0 Å². The van der Waals surface area contributed by atoms with Crippen LogP contribution in [0.2, 0.25) is 0 Å². The summed E-state index contributed by atoms with van der Waals surface area (Å²) in [5, 5.41) is 10.8. The van der Waals surface area contributed by atoms with Gasteiger partial charge in [0.1, 0.15) is 22.9 Å². The number of nitrogens with zero attached hydrogens (tertiary/aromatic N) is 4. The molecule has 0 spiro atoms. The molecule has 0 aliphatic heterocycles. The van der Waals surface area contributed by atoms with E-state index in [0.717, 1.165) is 12.1 Å². The van der Waals surface area contributed by atoms with Crippen LogP contribution in [0.3, 0.4) is 0 Å². The summed E-state index contributed by atoms with van der Waals surface area (Å²) < 4.78 is 55.3. The lowest BCUT2D eigenvalue weighted by Gasteiger charge is -2.13. The molecule has 1 N–H and O–H groups in total. The summed E-state index contributed by atoms with van der Waals surface area (Å²) in [5.74, 6) is -1.89. The summed E-state index contributed by atoms with van der Waals surface area (Å²) in [4.78, 5) is -0.769. The van der Waals surface area contributed by atoms with E-state index in [9.17, 15) is 17.2 Å². The summed E-state index contributed by atoms with van der Waals surface area (Å²) in [6.07, 6.45) is 1.35. The van der Waals surface area contributed by atoms with Gasteiger partial charge >= 0.3 is 0 Å². The highest BCUT2D eigenvalue weighted by Crippen LogP contribution is 2.25. The highest BCUT2D eigenvalue weighted by molar-refractivity contribution is 7.92. The number of tetrazole rings is 1. The fourth-order valence-electron chi connectivity index (χ4n) is 2.14. The van der Waals surface area contributed by atoms with Crippen LogP contribution in [0.4, 0.5) is 14.5 Å². The lowest BCUT2D eigenvalue weighted by Crippen LogP contribution is -2.16. The zero-order valence-electron chi connectivity index (χ0n) is 12.3. The van der Waals surface area contributed by atoms with Crippen molar-refractivity contribution >= 4 is 15.7 Å². The molecule has 0 amide bonds. The van der Waals surface area contributed by atoms with Gasteiger partial charge in [-0.15, -0.1) is 5.10 Å². The molecule has 7 nitrogen and oxygen atoms in total. The van der Waals surface area contributed by atoms with E-state index in [-0.39, 0.29) is 5.69 Å². The summed E-state index contributed by atoms with van der Waals surface area (Å²) in [6.45, 7) is 1.65. The molecule has 124 valence electrons. The van der Waals surface area contributed by atoms with Crippen molar-refractivity contribution in [3.05, 3.63) is 59.9 Å². The van der Waals surface area contributed by atoms with Crippen LogP contribution in [0.1, 0.15) is 5.56 Å². The Morgan fingerprint density at radius 3 is 2.67 bits per heavy atom. The van der Waals surface area contributed by atoms with Gasteiger partial charge in [0.05, 0.1) is 11.4 Å². The predicted octanol–water partition coefficient (Wildman–Crippen LogP) is 2.05. The van der Waals surface area contributed by atoms with Crippen LogP contribution in [0, 0.1) is 18.6 Å². The second-order valence-electron chi connectivity index (χ2n) is 4.88. The monoisotopic (exact) mass is 351 g/mol. The molecule has 2 aromatic carbocycles. The molecule has 1 heterocycles. The van der Waals surface area contributed by atoms with E-state index in [2.05, 4.69) is 20.2 Å². The molecule has 0 aliphatic rings. The van der Waals surface area contributed by atoms with E-state index in [1.807, 2.05) is 0 Å². The van der Waals surface area contributed by atoms with E-state index in [1.165, 1.54) is 17.1 Å². The normalized spacial score (nSPS) is 11.5. The van der Waals surface area contributed by atoms with Crippen LogP contribution in [0.15, 0.2) is 47.6 Å². The molecular weight excluding hydrogens is 340 g/mol. The van der Waals surface area contributed by atoms with Crippen molar-refractivity contribution < 1.29 is 17.2 Å². The SMILES string of the molecule is Cc1c(NS(=O)(=O)c2cc(F)ccc2F)cccc1-n1cnnn1. The number of aromatic nitrogens is 4. The number of sulfonamides is 1. The lowest BCUT2D eigenvalue weighted by atomic mass is 10.1. The average molecular weight is 351 g/mol. The summed E-state index contributed by atoms with van der Waals surface area (Å²) >= 11 is 0. The maximum Gasteiger partial charge on any atom is 0.264 e. The Kier molecular flexibility index (Phi) is 3.97. The van der Waals surface area contributed by atoms with Crippen LogP contribution >= 0.6 is 0 Å². The van der Waals surface area contributed by atoms with Crippen molar-refractivity contribution in [3.63, 3.8) is 0 Å². The van der Waals surface area contributed by atoms with E-state index < -0.39 is 26.6 Å². The maximum atomic E-state index is 13.8. The topological polar surface area (TPSA) is 89.8 Å². The second-order valence-corrected chi connectivity index (χ2v) is 6.54. The Bertz CT molecular complexity index is 990. The van der Waals surface area contributed by atoms with Crippen LogP contribution in [-0.2, 0) is 10.0 Å². The van der Waals surface area contributed by atoms with E-state index >= 15 is 0 Å². The molecule has 24 heavy (non-hydrogen) atoms. The standard InChI is InChI=1S/C14H11F2N5O2S/c1-9-12(3-2-4-13(9)21-8-17-19-20-21)18-24(22,23)14-7-10(15)5-6-11(14)16/h2-8,18H,1H3. The largest absolute Gasteiger partial charge is 0.279 e. The zero-order chi connectivity index (χ0) is 17.3. The Hall–Kier alpha value is -2.88. The predicted molar refractivity (Wildman–Crippen MR) is 81.1 cm³/mol. The second kappa shape index (κ2) is 5.96. The lowest BCUT2D eigenvalue weighted by molar-refractivity contribution is 0.555. The summed E-state index contributed by atoms with van der Waals surface area (Å²) in [5.41, 5.74) is 1.26. The minimum atomic E-state index is -4.30. The Balaban J connectivity index is 2.02. The van der Waals surface area contributed by atoms with Gasteiger partial charge in [0.25, 0.3) is 10.0 Å². The van der Waals surface area contributed by atoms with Gasteiger partial charge in [0, 0.05) is 0 Å². The Morgan fingerprint density at radius 2 is 1.96 bits per heavy atom. The molecule has 0 aliphatic carbocycles. The Morgan fingerprint density at radius 1 is 1.17 bits per heavy atom. The highest BCUT2D eigenvalue weighted by atomic mass is 32.2. The quantitative estimate of drug-likeness (QED) is 0.777. The summed E-state index contributed by atoms with van der Waals surface area (Å²) in [7, 11) is -4.30. The molecule has 0 atom stereocenters. The summed E-state index contributed by atoms with van der Waals surface area (Å²) in [6, 6.07) is 7.00. The van der Waals surface area contributed by atoms with Crippen LogP contribution in [-0.4, -0.2) is 28.6 Å². The average Bonchev–Trinajstić information content (AvgIpc) is 3.05. The molecule has 0 saturated carbocycles. The van der Waals surface area contributed by atoms with Gasteiger partial charge in [-0.1, -0.05) is 6.07 Å². The first-order chi connectivity index (χ1) is 11.4. The van der Waals surface area contributed by atoms with Gasteiger partial charge in [-0.2, -0.15) is 0 Å². The first kappa shape index (κ1) is 16.0. The van der Waals surface area contributed by atoms with E-state index in [0.29, 0.717) is 17.3 Å². The number of nitrogens with one attached hydrogen (secondary N) is 1. The van der Waals surface area contributed by atoms with Gasteiger partial charge in [-0.25, -0.2) is 21.9 Å². The fourth-order valence-corrected chi connectivity index (χ4v) is 3.35. The number of anilines is 1. The first-order valence-corrected chi connectivity index (χ1v) is 8.17. The van der Waals surface area contributed by atoms with Crippen molar-refractivity contribution in [1.29, 1.82) is 0 Å². The number of halogens is 2. The van der Waals surface area contributed by atoms with Crippen LogP contribution in [0.5, 0.6) is 0 Å². The molecular formula is C14H11F2N5O2S. The van der Waals surface area contributed by atoms with Crippen molar-refractivity contribution in [3.8, 4) is 5.69 Å². The number of rotatable bonds is 4. The van der Waals surface area contributed by atoms with Gasteiger partial charge < -0.3 is 0 Å². The molecule has 3 rings (SSSR count). The van der Waals surface area contributed by atoms with Gasteiger partial charge in [0.15, 0.2) is 0 Å². The third kappa shape index (κ3) is 2.95. The molecule has 10 heteroatoms. The fraction of sp³-hybridized carbons (Fsp3) is 0.0714. The Labute approximate surface area is 136 Å². The number of hydrogen-bond acceptors (Lipinski definition) is 5. The van der Waals surface area contributed by atoms with Crippen molar-refractivity contribution in [2.75, 3.05) is 4.72 Å². The molecule has 0 radical (unpaired) electrons. The molecule has 0 bridgehead atoms. The minimum absolute atomic E-state index is 0.201. The molecule has 0 fully saturated rings. The third-order valence-electron chi connectivity index (χ3n) is 3.33. The maximum absolute atomic E-state index is 13.8. The third-order valence-corrected chi connectivity index (χ3v) is 4.71. The van der Waals surface area contributed by atoms with E-state index in [1.54, 1.807) is 19.1 Å². The number of benzene rings is 2. The van der Waals surface area contributed by atoms with Crippen molar-refractivity contribution in [1.82, 2.24) is 20.2 Å². The van der Waals surface area contributed by atoms with Gasteiger partial charge in [-0.3, -0.25) is 4.72 Å². The molecule has 0 unspecified atom stereocenters. The number of hydrogen-bond donors (Lipinski definition) is 1. The first-order valence-electron chi connectivity index (χ1n) is 6.69. The highest BCUT2D eigenvalue weighted by Gasteiger charge is 2.21. The smallest absolute Gasteiger partial charge is 0.264 e. The van der Waals surface area contributed by atoms with Gasteiger partial charge in [0.2, 0.25) is 0 Å². The zero-order valence-corrected chi connectivity index (χ0v) is 13.1. The molecule has 0 saturated heterocycles. The van der Waals surface area contributed by atoms with Gasteiger partial charge in [-0.05, 0) is 53.2 Å². The minimum Gasteiger partial charge on any atom is -0.279 e.